The lowest BCUT2D eigenvalue weighted by Crippen LogP contribution is -2.30. The number of anilines is 3. The fourth-order valence-corrected chi connectivity index (χ4v) is 3.32. The molecule has 2 N–H and O–H groups in total. The van der Waals surface area contributed by atoms with Gasteiger partial charge in [0.25, 0.3) is 0 Å². The molecule has 1 fully saturated rings. The van der Waals surface area contributed by atoms with Crippen molar-refractivity contribution in [2.45, 2.75) is 51.7 Å². The highest BCUT2D eigenvalue weighted by atomic mass is 19.1. The van der Waals surface area contributed by atoms with Crippen LogP contribution >= 0.6 is 0 Å². The number of ether oxygens (including phenoxy) is 2. The topological polar surface area (TPSA) is 68.3 Å². The molecule has 1 aliphatic rings. The van der Waals surface area contributed by atoms with Crippen LogP contribution in [0.25, 0.3) is 0 Å². The molecule has 3 rings (SSSR count). The first-order valence-electron chi connectivity index (χ1n) is 9.98. The van der Waals surface area contributed by atoms with Crippen molar-refractivity contribution in [3.05, 3.63) is 36.3 Å². The predicted octanol–water partition coefficient (Wildman–Crippen LogP) is 4.52. The molecule has 1 saturated carbocycles. The zero-order valence-electron chi connectivity index (χ0n) is 16.9. The summed E-state index contributed by atoms with van der Waals surface area (Å²) in [5, 5.41) is 6.32. The molecule has 0 saturated heterocycles. The summed E-state index contributed by atoms with van der Waals surface area (Å²) in [4.78, 5) is 8.37. The summed E-state index contributed by atoms with van der Waals surface area (Å²) in [7, 11) is 0. The monoisotopic (exact) mass is 398 g/mol. The number of nitrogens with zero attached hydrogens (tertiary/aromatic N) is 2. The van der Waals surface area contributed by atoms with E-state index in [-0.39, 0.29) is 11.9 Å². The Hall–Kier alpha value is -2.85. The van der Waals surface area contributed by atoms with Crippen LogP contribution in [-0.4, -0.2) is 35.3 Å². The molecule has 0 atom stereocenters. The number of benzene rings is 1. The van der Waals surface area contributed by atoms with Gasteiger partial charge in [-0.2, -0.15) is 4.98 Å². The number of nitrogens with one attached hydrogen (secondary N) is 2. The summed E-state index contributed by atoms with van der Waals surface area (Å²) >= 11 is 0. The molecule has 1 aliphatic carbocycles. The third-order valence-corrected chi connectivity index (χ3v) is 4.74. The molecule has 29 heavy (non-hydrogen) atoms. The van der Waals surface area contributed by atoms with E-state index in [1.165, 1.54) is 6.20 Å². The Labute approximate surface area is 171 Å². The van der Waals surface area contributed by atoms with Crippen molar-refractivity contribution >= 4 is 17.5 Å². The summed E-state index contributed by atoms with van der Waals surface area (Å²) in [5.74, 6) is 6.40. The van der Waals surface area contributed by atoms with Crippen LogP contribution in [0, 0.1) is 17.7 Å². The zero-order chi connectivity index (χ0) is 20.5. The lowest BCUT2D eigenvalue weighted by atomic mass is 9.93. The van der Waals surface area contributed by atoms with E-state index in [1.807, 2.05) is 31.2 Å². The third kappa shape index (κ3) is 6.33. The van der Waals surface area contributed by atoms with Crippen LogP contribution < -0.4 is 15.4 Å². The van der Waals surface area contributed by atoms with Gasteiger partial charge >= 0.3 is 0 Å². The minimum atomic E-state index is -0.460. The molecule has 0 unspecified atom stereocenters. The number of rotatable bonds is 8. The highest BCUT2D eigenvalue weighted by molar-refractivity contribution is 5.57. The van der Waals surface area contributed by atoms with Crippen LogP contribution in [0.5, 0.6) is 5.75 Å². The fourth-order valence-electron chi connectivity index (χ4n) is 3.32. The summed E-state index contributed by atoms with van der Waals surface area (Å²) in [6, 6.07) is 7.58. The van der Waals surface area contributed by atoms with Gasteiger partial charge in [-0.05, 0) is 51.7 Å². The van der Waals surface area contributed by atoms with Gasteiger partial charge in [0.15, 0.2) is 11.6 Å². The minimum Gasteiger partial charge on any atom is -0.481 e. The second-order valence-electron chi connectivity index (χ2n) is 6.83. The molecular formula is C22H27FN4O2. The molecule has 1 heterocycles. The van der Waals surface area contributed by atoms with Crippen LogP contribution in [0.2, 0.25) is 0 Å². The number of hydrogen-bond acceptors (Lipinski definition) is 6. The van der Waals surface area contributed by atoms with Gasteiger partial charge in [0.05, 0.1) is 12.3 Å². The van der Waals surface area contributed by atoms with Crippen LogP contribution in [0.3, 0.4) is 0 Å². The number of halogens is 1. The summed E-state index contributed by atoms with van der Waals surface area (Å²) in [5.41, 5.74) is 0.752. The molecule has 0 bridgehead atoms. The van der Waals surface area contributed by atoms with Crippen molar-refractivity contribution in [3.63, 3.8) is 0 Å². The highest BCUT2D eigenvalue weighted by Crippen LogP contribution is 2.26. The second kappa shape index (κ2) is 10.6. The van der Waals surface area contributed by atoms with Gasteiger partial charge in [0.2, 0.25) is 5.95 Å². The van der Waals surface area contributed by atoms with E-state index in [9.17, 15) is 4.39 Å². The van der Waals surface area contributed by atoms with Crippen molar-refractivity contribution in [1.82, 2.24) is 9.97 Å². The van der Waals surface area contributed by atoms with E-state index >= 15 is 0 Å². The maximum atomic E-state index is 14.2. The first-order valence-corrected chi connectivity index (χ1v) is 9.98. The highest BCUT2D eigenvalue weighted by Gasteiger charge is 2.22. The first-order chi connectivity index (χ1) is 14.2. The largest absolute Gasteiger partial charge is 0.481 e. The lowest BCUT2D eigenvalue weighted by Gasteiger charge is -2.29. The molecule has 0 aliphatic heterocycles. The second-order valence-corrected chi connectivity index (χ2v) is 6.83. The molecule has 2 aromatic rings. The van der Waals surface area contributed by atoms with Crippen LogP contribution in [0.4, 0.5) is 21.8 Å². The van der Waals surface area contributed by atoms with Gasteiger partial charge in [-0.15, -0.1) is 5.92 Å². The van der Waals surface area contributed by atoms with Gasteiger partial charge in [0, 0.05) is 24.4 Å². The summed E-state index contributed by atoms with van der Waals surface area (Å²) in [6.07, 6.45) is 5.29. The lowest BCUT2D eigenvalue weighted by molar-refractivity contribution is 0.0346. The van der Waals surface area contributed by atoms with E-state index < -0.39 is 5.82 Å². The molecule has 0 radical (unpaired) electrons. The molecule has 0 amide bonds. The van der Waals surface area contributed by atoms with Crippen LogP contribution in [0.1, 0.15) is 39.5 Å². The zero-order valence-corrected chi connectivity index (χ0v) is 16.9. The van der Waals surface area contributed by atoms with Gasteiger partial charge in [-0.1, -0.05) is 12.0 Å². The maximum Gasteiger partial charge on any atom is 0.229 e. The summed E-state index contributed by atoms with van der Waals surface area (Å²) in [6.45, 7) is 4.84. The normalized spacial score (nSPS) is 18.4. The predicted molar refractivity (Wildman–Crippen MR) is 112 cm³/mol. The van der Waals surface area contributed by atoms with Gasteiger partial charge in [-0.25, -0.2) is 9.37 Å². The van der Waals surface area contributed by atoms with E-state index in [2.05, 4.69) is 32.4 Å². The van der Waals surface area contributed by atoms with Crippen molar-refractivity contribution in [1.29, 1.82) is 0 Å². The van der Waals surface area contributed by atoms with Gasteiger partial charge in [0.1, 0.15) is 12.4 Å². The minimum absolute atomic E-state index is 0.181. The third-order valence-electron chi connectivity index (χ3n) is 4.74. The maximum absolute atomic E-state index is 14.2. The fraction of sp³-hybridized carbons (Fsp3) is 0.455. The Bertz CT molecular complexity index is 857. The van der Waals surface area contributed by atoms with E-state index in [4.69, 9.17) is 9.47 Å². The van der Waals surface area contributed by atoms with E-state index in [0.717, 1.165) is 38.0 Å². The molecular weight excluding hydrogens is 371 g/mol. The van der Waals surface area contributed by atoms with E-state index in [0.29, 0.717) is 24.4 Å². The van der Waals surface area contributed by atoms with Crippen LogP contribution in [-0.2, 0) is 4.74 Å². The van der Waals surface area contributed by atoms with Crippen molar-refractivity contribution in [2.24, 2.45) is 0 Å². The molecule has 1 aromatic carbocycles. The van der Waals surface area contributed by atoms with Crippen LogP contribution in [0.15, 0.2) is 30.5 Å². The number of hydrogen-bond donors (Lipinski definition) is 2. The Morgan fingerprint density at radius 2 is 2.07 bits per heavy atom. The van der Waals surface area contributed by atoms with Gasteiger partial charge in [-0.3, -0.25) is 0 Å². The van der Waals surface area contributed by atoms with Crippen molar-refractivity contribution in [2.75, 3.05) is 23.8 Å². The molecule has 0 spiro atoms. The SMILES string of the molecule is CC#CCOc1cccc(Nc2ncc(F)c(NC3CCC(OCC)CC3)n2)c1. The Kier molecular flexibility index (Phi) is 7.65. The quantitative estimate of drug-likeness (QED) is 0.637. The number of aromatic nitrogens is 2. The standard InChI is InChI=1S/C22H27FN4O2/c1-3-5-13-29-19-8-6-7-17(14-19)26-22-24-15-20(23)21(27-22)25-16-9-11-18(12-10-16)28-4-2/h6-8,14-16,18H,4,9-13H2,1-2H3,(H2,24,25,26,27). The average molecular weight is 398 g/mol. The molecule has 6 nitrogen and oxygen atoms in total. The van der Waals surface area contributed by atoms with Crippen molar-refractivity contribution in [3.8, 4) is 17.6 Å². The molecule has 1 aromatic heterocycles. The molecule has 7 heteroatoms. The van der Waals surface area contributed by atoms with Gasteiger partial charge < -0.3 is 20.1 Å². The van der Waals surface area contributed by atoms with Crippen molar-refractivity contribution < 1.29 is 13.9 Å². The average Bonchev–Trinajstić information content (AvgIpc) is 2.73. The Balaban J connectivity index is 1.62. The molecule has 154 valence electrons. The summed E-state index contributed by atoms with van der Waals surface area (Å²) < 4.78 is 25.5. The Morgan fingerprint density at radius 1 is 1.24 bits per heavy atom. The smallest absolute Gasteiger partial charge is 0.229 e. The first kappa shape index (κ1) is 20.9. The Morgan fingerprint density at radius 3 is 2.83 bits per heavy atom. The van der Waals surface area contributed by atoms with E-state index in [1.54, 1.807) is 6.92 Å².